The van der Waals surface area contributed by atoms with Crippen molar-refractivity contribution in [1.82, 2.24) is 0 Å². The third kappa shape index (κ3) is 5.48. The van der Waals surface area contributed by atoms with E-state index in [-0.39, 0.29) is 10.8 Å². The van der Waals surface area contributed by atoms with Gasteiger partial charge in [-0.15, -0.1) is 0 Å². The molecule has 7 aliphatic carbocycles. The Bertz CT molecular complexity index is 2580. The van der Waals surface area contributed by atoms with Gasteiger partial charge in [0.15, 0.2) is 0 Å². The van der Waals surface area contributed by atoms with Crippen LogP contribution in [0, 0.1) is 17.8 Å². The number of hydrogen-bond donors (Lipinski definition) is 0. The summed E-state index contributed by atoms with van der Waals surface area (Å²) in [6.45, 7) is 9.71. The van der Waals surface area contributed by atoms with Crippen LogP contribution in [0.25, 0.3) is 33.4 Å². The van der Waals surface area contributed by atoms with Gasteiger partial charge >= 0.3 is 0 Å². The van der Waals surface area contributed by atoms with Crippen molar-refractivity contribution in [3.8, 4) is 33.4 Å². The minimum Gasteiger partial charge on any atom is -0.310 e. The maximum Gasteiger partial charge on any atom is 0.0465 e. The highest BCUT2D eigenvalue weighted by Gasteiger charge is 2.51. The van der Waals surface area contributed by atoms with Gasteiger partial charge in [0, 0.05) is 27.9 Å². The SMILES string of the molecule is CC1(C)c2ccccc2-c2ccc(-c3cccc4c3C(C)(C)c3cc(N(c5ccc(C6CCCCC6)cc5)c5ccc(C67CC8CC(CC(C8)C6)C7)cc5)ccc3-4)cc21. The first-order valence-electron chi connectivity index (χ1n) is 23.2. The van der Waals surface area contributed by atoms with Crippen LogP contribution in [0.4, 0.5) is 17.1 Å². The van der Waals surface area contributed by atoms with E-state index >= 15 is 0 Å². The summed E-state index contributed by atoms with van der Waals surface area (Å²) < 4.78 is 0. The molecule has 0 radical (unpaired) electrons. The van der Waals surface area contributed by atoms with E-state index in [9.17, 15) is 0 Å². The minimum absolute atomic E-state index is 0.0290. The lowest BCUT2D eigenvalue weighted by Gasteiger charge is -2.57. The number of hydrogen-bond acceptors (Lipinski definition) is 1. The highest BCUT2D eigenvalue weighted by Crippen LogP contribution is 2.61. The average molecular weight is 770 g/mol. The van der Waals surface area contributed by atoms with Crippen molar-refractivity contribution in [3.05, 3.63) is 161 Å². The lowest BCUT2D eigenvalue weighted by Crippen LogP contribution is -2.48. The Morgan fingerprint density at radius 1 is 0.458 bits per heavy atom. The van der Waals surface area contributed by atoms with Crippen LogP contribution in [-0.4, -0.2) is 0 Å². The highest BCUT2D eigenvalue weighted by molar-refractivity contribution is 5.92. The molecule has 1 heteroatoms. The molecule has 5 saturated carbocycles. The van der Waals surface area contributed by atoms with Crippen LogP contribution in [0.1, 0.15) is 138 Å². The van der Waals surface area contributed by atoms with Crippen LogP contribution in [0.2, 0.25) is 0 Å². The first-order chi connectivity index (χ1) is 28.7. The van der Waals surface area contributed by atoms with E-state index in [1.165, 1.54) is 149 Å². The fourth-order valence-corrected chi connectivity index (χ4v) is 14.3. The van der Waals surface area contributed by atoms with Gasteiger partial charge in [0.05, 0.1) is 0 Å². The van der Waals surface area contributed by atoms with Crippen molar-refractivity contribution in [2.45, 2.75) is 120 Å². The molecule has 1 nitrogen and oxygen atoms in total. The molecular weight excluding hydrogens is 711 g/mol. The number of rotatable bonds is 6. The molecule has 0 N–H and O–H groups in total. The van der Waals surface area contributed by atoms with Crippen molar-refractivity contribution < 1.29 is 0 Å². The Morgan fingerprint density at radius 2 is 1.02 bits per heavy atom. The predicted molar refractivity (Wildman–Crippen MR) is 247 cm³/mol. The molecule has 0 aromatic heterocycles. The number of benzene rings is 6. The summed E-state index contributed by atoms with van der Waals surface area (Å²) in [4.78, 5) is 2.55. The number of anilines is 3. The molecule has 0 heterocycles. The van der Waals surface area contributed by atoms with Crippen molar-refractivity contribution >= 4 is 17.1 Å². The smallest absolute Gasteiger partial charge is 0.0465 e. The fraction of sp³-hybridized carbons (Fsp3) is 0.379. The van der Waals surface area contributed by atoms with Gasteiger partial charge in [0.2, 0.25) is 0 Å². The Morgan fingerprint density at radius 3 is 1.73 bits per heavy atom. The van der Waals surface area contributed by atoms with Crippen molar-refractivity contribution in [2.24, 2.45) is 17.8 Å². The molecule has 0 saturated heterocycles. The molecule has 7 aliphatic rings. The first-order valence-corrected chi connectivity index (χ1v) is 23.2. The van der Waals surface area contributed by atoms with Crippen LogP contribution < -0.4 is 4.90 Å². The summed E-state index contributed by atoms with van der Waals surface area (Å²) in [5, 5.41) is 0. The topological polar surface area (TPSA) is 3.24 Å². The Labute approximate surface area is 352 Å². The van der Waals surface area contributed by atoms with Gasteiger partial charge in [-0.25, -0.2) is 0 Å². The van der Waals surface area contributed by atoms with Crippen molar-refractivity contribution in [2.75, 3.05) is 4.90 Å². The largest absolute Gasteiger partial charge is 0.310 e. The number of nitrogens with zero attached hydrogens (tertiary/aromatic N) is 1. The molecule has 0 spiro atoms. The maximum absolute atomic E-state index is 2.55. The van der Waals surface area contributed by atoms with Gasteiger partial charge in [-0.2, -0.15) is 0 Å². The second-order valence-electron chi connectivity index (χ2n) is 21.0. The van der Waals surface area contributed by atoms with Crippen LogP contribution in [0.15, 0.2) is 127 Å². The lowest BCUT2D eigenvalue weighted by atomic mass is 9.48. The van der Waals surface area contributed by atoms with Crippen LogP contribution in [0.5, 0.6) is 0 Å². The summed E-state index contributed by atoms with van der Waals surface area (Å²) >= 11 is 0. The monoisotopic (exact) mass is 769 g/mol. The van der Waals surface area contributed by atoms with Gasteiger partial charge in [-0.3, -0.25) is 0 Å². The predicted octanol–water partition coefficient (Wildman–Crippen LogP) is 16.0. The summed E-state index contributed by atoms with van der Waals surface area (Å²) in [5.74, 6) is 3.55. The van der Waals surface area contributed by atoms with Crippen molar-refractivity contribution in [1.29, 1.82) is 0 Å². The zero-order chi connectivity index (χ0) is 39.7. The van der Waals surface area contributed by atoms with E-state index < -0.39 is 0 Å². The molecule has 0 amide bonds. The standard InChI is InChI=1S/C58H59N/c1-56(2)52-16-9-8-13-48(52)49-27-19-42(32-53(49)56)47-14-10-15-51-50-28-26-46(33-54(50)57(3,4)55(47)51)59(44-22-17-41(18-23-44)40-11-6-5-7-12-40)45-24-20-43(21-25-45)58-34-37-29-38(35-58)31-39(30-37)36-58/h8-10,13-28,32-33,37-40H,5-7,11-12,29-31,34-36H2,1-4H3. The van der Waals surface area contributed by atoms with Gasteiger partial charge in [0.1, 0.15) is 0 Å². The quantitative estimate of drug-likeness (QED) is 0.163. The third-order valence-electron chi connectivity index (χ3n) is 16.8. The maximum atomic E-state index is 2.55. The summed E-state index contributed by atoms with van der Waals surface area (Å²) in [7, 11) is 0. The second-order valence-corrected chi connectivity index (χ2v) is 21.0. The van der Waals surface area contributed by atoms with Crippen LogP contribution in [-0.2, 0) is 16.2 Å². The normalized spacial score (nSPS) is 25.3. The summed E-state index contributed by atoms with van der Waals surface area (Å²) in [6.07, 6.45) is 15.5. The minimum atomic E-state index is -0.173. The van der Waals surface area contributed by atoms with E-state index in [1.54, 1.807) is 5.56 Å². The van der Waals surface area contributed by atoms with Gasteiger partial charge in [-0.05, 0) is 190 Å². The fourth-order valence-electron chi connectivity index (χ4n) is 14.3. The third-order valence-corrected chi connectivity index (χ3v) is 16.8. The number of fused-ring (bicyclic) bond motifs is 6. The van der Waals surface area contributed by atoms with E-state index in [0.29, 0.717) is 11.3 Å². The molecule has 6 aromatic rings. The van der Waals surface area contributed by atoms with Crippen molar-refractivity contribution in [3.63, 3.8) is 0 Å². The van der Waals surface area contributed by atoms with E-state index in [2.05, 4.69) is 160 Å². The molecule has 5 fully saturated rings. The Hall–Kier alpha value is -4.88. The molecule has 0 aliphatic heterocycles. The zero-order valence-electron chi connectivity index (χ0n) is 35.7. The second kappa shape index (κ2) is 13.1. The van der Waals surface area contributed by atoms with E-state index in [4.69, 9.17) is 0 Å². The molecular formula is C58H59N. The highest BCUT2D eigenvalue weighted by atomic mass is 15.1. The van der Waals surface area contributed by atoms with Gasteiger partial charge < -0.3 is 4.90 Å². The Balaban J connectivity index is 0.934. The van der Waals surface area contributed by atoms with Crippen LogP contribution >= 0.6 is 0 Å². The van der Waals surface area contributed by atoms with Gasteiger partial charge in [0.25, 0.3) is 0 Å². The molecule has 0 atom stereocenters. The average Bonchev–Trinajstić information content (AvgIpc) is 3.63. The van der Waals surface area contributed by atoms with Gasteiger partial charge in [-0.1, -0.05) is 132 Å². The van der Waals surface area contributed by atoms with Crippen LogP contribution in [0.3, 0.4) is 0 Å². The van der Waals surface area contributed by atoms with E-state index in [0.717, 1.165) is 17.8 Å². The summed E-state index contributed by atoms with van der Waals surface area (Å²) in [6, 6.07) is 50.3. The molecule has 13 rings (SSSR count). The molecule has 6 aromatic carbocycles. The molecule has 296 valence electrons. The molecule has 0 unspecified atom stereocenters. The molecule has 59 heavy (non-hydrogen) atoms. The zero-order valence-corrected chi connectivity index (χ0v) is 35.7. The Kier molecular flexibility index (Phi) is 7.97. The van der Waals surface area contributed by atoms with E-state index in [1.807, 2.05) is 0 Å². The molecule has 4 bridgehead atoms. The first kappa shape index (κ1) is 36.0. The lowest BCUT2D eigenvalue weighted by molar-refractivity contribution is -0.00518. The summed E-state index contributed by atoms with van der Waals surface area (Å²) in [5.41, 5.74) is 21.0.